The molecule has 0 aromatic heterocycles. The second-order valence-electron chi connectivity index (χ2n) is 6.89. The molecule has 0 aliphatic carbocycles. The standard InChI is InChI=1S/C20H28N2O3/c1-15-19(9-5-11-25-15)20(24)21-12-16-6-2-3-7-17(16)13-22-10-4-8-18(22)14-23/h2-3,6-7,18,23H,4-5,8-14H2,1H3,(H,21,24). The lowest BCUT2D eigenvalue weighted by molar-refractivity contribution is -0.118. The molecule has 2 heterocycles. The van der Waals surface area contributed by atoms with Crippen molar-refractivity contribution in [3.63, 3.8) is 0 Å². The largest absolute Gasteiger partial charge is 0.498 e. The van der Waals surface area contributed by atoms with Crippen molar-refractivity contribution in [1.29, 1.82) is 0 Å². The van der Waals surface area contributed by atoms with Gasteiger partial charge in [-0.1, -0.05) is 24.3 Å². The van der Waals surface area contributed by atoms with E-state index in [1.165, 1.54) is 5.56 Å². The van der Waals surface area contributed by atoms with Gasteiger partial charge in [0.1, 0.15) is 5.76 Å². The second kappa shape index (κ2) is 8.50. The van der Waals surface area contributed by atoms with Crippen molar-refractivity contribution in [3.8, 4) is 0 Å². The number of carbonyl (C=O) groups excluding carboxylic acids is 1. The molecule has 2 N–H and O–H groups in total. The highest BCUT2D eigenvalue weighted by Gasteiger charge is 2.24. The van der Waals surface area contributed by atoms with E-state index in [2.05, 4.69) is 22.3 Å². The van der Waals surface area contributed by atoms with Crippen LogP contribution in [-0.2, 0) is 22.6 Å². The summed E-state index contributed by atoms with van der Waals surface area (Å²) in [5.74, 6) is 0.723. The fourth-order valence-corrected chi connectivity index (χ4v) is 3.71. The van der Waals surface area contributed by atoms with Crippen LogP contribution in [0.1, 0.15) is 43.7 Å². The quantitative estimate of drug-likeness (QED) is 0.832. The topological polar surface area (TPSA) is 61.8 Å². The first-order chi connectivity index (χ1) is 12.2. The fourth-order valence-electron chi connectivity index (χ4n) is 3.71. The minimum atomic E-state index is -0.0265. The first-order valence-electron chi connectivity index (χ1n) is 9.21. The molecule has 1 unspecified atom stereocenters. The van der Waals surface area contributed by atoms with Crippen LogP contribution in [0, 0.1) is 0 Å². The summed E-state index contributed by atoms with van der Waals surface area (Å²) in [7, 11) is 0. The van der Waals surface area contributed by atoms with E-state index < -0.39 is 0 Å². The maximum absolute atomic E-state index is 12.4. The average molecular weight is 344 g/mol. The Morgan fingerprint density at radius 3 is 2.88 bits per heavy atom. The zero-order valence-corrected chi connectivity index (χ0v) is 15.0. The molecular formula is C20H28N2O3. The van der Waals surface area contributed by atoms with E-state index in [-0.39, 0.29) is 18.6 Å². The van der Waals surface area contributed by atoms with Crippen LogP contribution in [0.5, 0.6) is 0 Å². The molecule has 0 spiro atoms. The smallest absolute Gasteiger partial charge is 0.250 e. The Hall–Kier alpha value is -1.85. The number of nitrogens with zero attached hydrogens (tertiary/aromatic N) is 1. The number of likely N-dealkylation sites (tertiary alicyclic amines) is 1. The van der Waals surface area contributed by atoms with Gasteiger partial charge < -0.3 is 15.2 Å². The Morgan fingerprint density at radius 1 is 1.32 bits per heavy atom. The van der Waals surface area contributed by atoms with E-state index in [1.807, 2.05) is 19.1 Å². The van der Waals surface area contributed by atoms with E-state index in [0.29, 0.717) is 13.2 Å². The number of ether oxygens (including phenoxy) is 1. The van der Waals surface area contributed by atoms with Crippen molar-refractivity contribution in [1.82, 2.24) is 10.2 Å². The molecule has 3 rings (SSSR count). The summed E-state index contributed by atoms with van der Waals surface area (Å²) in [4.78, 5) is 14.8. The lowest BCUT2D eigenvalue weighted by Gasteiger charge is -2.24. The lowest BCUT2D eigenvalue weighted by Crippen LogP contribution is -2.32. The van der Waals surface area contributed by atoms with Gasteiger partial charge in [-0.2, -0.15) is 0 Å². The number of rotatable bonds is 6. The van der Waals surface area contributed by atoms with Crippen LogP contribution in [0.25, 0.3) is 0 Å². The van der Waals surface area contributed by atoms with E-state index in [1.54, 1.807) is 0 Å². The van der Waals surface area contributed by atoms with Crippen molar-refractivity contribution < 1.29 is 14.6 Å². The van der Waals surface area contributed by atoms with Gasteiger partial charge in [-0.15, -0.1) is 0 Å². The van der Waals surface area contributed by atoms with Crippen LogP contribution in [0.15, 0.2) is 35.6 Å². The molecule has 2 aliphatic heterocycles. The van der Waals surface area contributed by atoms with E-state index in [4.69, 9.17) is 4.74 Å². The number of benzene rings is 1. The monoisotopic (exact) mass is 344 g/mol. The lowest BCUT2D eigenvalue weighted by atomic mass is 10.0. The molecule has 5 heteroatoms. The van der Waals surface area contributed by atoms with Gasteiger partial charge in [-0.3, -0.25) is 9.69 Å². The van der Waals surface area contributed by atoms with E-state index >= 15 is 0 Å². The van der Waals surface area contributed by atoms with Crippen LogP contribution < -0.4 is 5.32 Å². The summed E-state index contributed by atoms with van der Waals surface area (Å²) in [6, 6.07) is 8.48. The summed E-state index contributed by atoms with van der Waals surface area (Å²) in [6.45, 7) is 5.14. The maximum atomic E-state index is 12.4. The van der Waals surface area contributed by atoms with Crippen molar-refractivity contribution in [2.75, 3.05) is 19.8 Å². The molecule has 0 saturated carbocycles. The van der Waals surface area contributed by atoms with Crippen molar-refractivity contribution in [2.45, 2.75) is 51.7 Å². The average Bonchev–Trinajstić information content (AvgIpc) is 3.08. The highest BCUT2D eigenvalue weighted by molar-refractivity contribution is 5.93. The molecule has 5 nitrogen and oxygen atoms in total. The third-order valence-electron chi connectivity index (χ3n) is 5.23. The first kappa shape index (κ1) is 18.0. The number of carbonyl (C=O) groups is 1. The Balaban J connectivity index is 1.64. The highest BCUT2D eigenvalue weighted by Crippen LogP contribution is 2.22. The predicted octanol–water partition coefficient (Wildman–Crippen LogP) is 2.34. The summed E-state index contributed by atoms with van der Waals surface area (Å²) in [5, 5.41) is 12.6. The number of aliphatic hydroxyl groups is 1. The molecule has 25 heavy (non-hydrogen) atoms. The third kappa shape index (κ3) is 4.41. The summed E-state index contributed by atoms with van der Waals surface area (Å²) < 4.78 is 5.49. The minimum Gasteiger partial charge on any atom is -0.498 e. The number of nitrogens with one attached hydrogen (secondary N) is 1. The van der Waals surface area contributed by atoms with Crippen molar-refractivity contribution >= 4 is 5.91 Å². The second-order valence-corrected chi connectivity index (χ2v) is 6.89. The molecule has 1 aromatic rings. The van der Waals surface area contributed by atoms with Gasteiger partial charge in [0.2, 0.25) is 0 Å². The zero-order valence-electron chi connectivity index (χ0n) is 15.0. The number of allylic oxidation sites excluding steroid dienone is 1. The van der Waals surface area contributed by atoms with Gasteiger partial charge in [-0.05, 0) is 50.3 Å². The van der Waals surface area contributed by atoms with Crippen LogP contribution in [-0.4, -0.2) is 41.7 Å². The molecule has 1 amide bonds. The van der Waals surface area contributed by atoms with Crippen molar-refractivity contribution in [3.05, 3.63) is 46.7 Å². The summed E-state index contributed by atoms with van der Waals surface area (Å²) in [5.41, 5.74) is 3.12. The van der Waals surface area contributed by atoms with E-state index in [9.17, 15) is 9.90 Å². The molecule has 0 bridgehead atoms. The Kier molecular flexibility index (Phi) is 6.10. The molecule has 0 radical (unpaired) electrons. The molecule has 2 aliphatic rings. The maximum Gasteiger partial charge on any atom is 0.250 e. The Morgan fingerprint density at radius 2 is 2.12 bits per heavy atom. The van der Waals surface area contributed by atoms with Gasteiger partial charge in [0, 0.05) is 19.1 Å². The summed E-state index contributed by atoms with van der Waals surface area (Å²) >= 11 is 0. The highest BCUT2D eigenvalue weighted by atomic mass is 16.5. The van der Waals surface area contributed by atoms with Crippen LogP contribution in [0.4, 0.5) is 0 Å². The zero-order chi connectivity index (χ0) is 17.6. The third-order valence-corrected chi connectivity index (χ3v) is 5.23. The molecule has 136 valence electrons. The summed E-state index contributed by atoms with van der Waals surface area (Å²) in [6.07, 6.45) is 3.87. The molecule has 1 saturated heterocycles. The SMILES string of the molecule is CC1=C(C(=O)NCc2ccccc2CN2CCCC2CO)CCCO1. The Labute approximate surface area is 149 Å². The molecule has 1 aromatic carbocycles. The Bertz CT molecular complexity index is 642. The predicted molar refractivity (Wildman–Crippen MR) is 96.7 cm³/mol. The van der Waals surface area contributed by atoms with Gasteiger partial charge in [0.25, 0.3) is 5.91 Å². The van der Waals surface area contributed by atoms with Crippen molar-refractivity contribution in [2.24, 2.45) is 0 Å². The van der Waals surface area contributed by atoms with Gasteiger partial charge in [0.05, 0.1) is 18.8 Å². The fraction of sp³-hybridized carbons (Fsp3) is 0.550. The molecular weight excluding hydrogens is 316 g/mol. The molecule has 1 atom stereocenters. The van der Waals surface area contributed by atoms with Gasteiger partial charge in [-0.25, -0.2) is 0 Å². The first-order valence-corrected chi connectivity index (χ1v) is 9.21. The van der Waals surface area contributed by atoms with Gasteiger partial charge >= 0.3 is 0 Å². The minimum absolute atomic E-state index is 0.0265. The van der Waals surface area contributed by atoms with Crippen LogP contribution in [0.3, 0.4) is 0 Å². The number of aliphatic hydroxyl groups excluding tert-OH is 1. The molecule has 1 fully saturated rings. The van der Waals surface area contributed by atoms with Crippen LogP contribution in [0.2, 0.25) is 0 Å². The number of hydrogen-bond acceptors (Lipinski definition) is 4. The van der Waals surface area contributed by atoms with E-state index in [0.717, 1.165) is 55.7 Å². The number of amides is 1. The van der Waals surface area contributed by atoms with Gasteiger partial charge in [0.15, 0.2) is 0 Å². The number of hydrogen-bond donors (Lipinski definition) is 2. The normalized spacial score (nSPS) is 21.3. The van der Waals surface area contributed by atoms with Crippen LogP contribution >= 0.6 is 0 Å².